The normalized spacial score (nSPS) is 16.2. The number of amides is 1. The van der Waals surface area contributed by atoms with Crippen molar-refractivity contribution in [3.8, 4) is 16.9 Å². The predicted octanol–water partition coefficient (Wildman–Crippen LogP) is 5.15. The van der Waals surface area contributed by atoms with Gasteiger partial charge in [-0.1, -0.05) is 0 Å². The van der Waals surface area contributed by atoms with Gasteiger partial charge in [-0.05, 0) is 83.6 Å². The van der Waals surface area contributed by atoms with Crippen molar-refractivity contribution in [2.45, 2.75) is 78.0 Å². The number of nitrogens with zero attached hydrogens (tertiary/aromatic N) is 2. The number of hydrogen-bond donors (Lipinski definition) is 2. The van der Waals surface area contributed by atoms with E-state index in [2.05, 4.69) is 5.32 Å². The Labute approximate surface area is 221 Å². The van der Waals surface area contributed by atoms with Gasteiger partial charge in [-0.25, -0.2) is 14.2 Å². The van der Waals surface area contributed by atoms with E-state index in [0.717, 1.165) is 30.4 Å². The molecule has 3 aromatic rings. The third kappa shape index (κ3) is 4.64. The maximum Gasteiger partial charge on any atom is 0.337 e. The number of ether oxygens (including phenoxy) is 2. The monoisotopic (exact) mass is 523 g/mol. The van der Waals surface area contributed by atoms with Crippen molar-refractivity contribution in [3.05, 3.63) is 46.0 Å². The van der Waals surface area contributed by atoms with Crippen molar-refractivity contribution in [2.75, 3.05) is 6.61 Å². The van der Waals surface area contributed by atoms with E-state index < -0.39 is 23.5 Å². The average Bonchev–Trinajstić information content (AvgIpc) is 3.60. The van der Waals surface area contributed by atoms with Crippen LogP contribution < -0.4 is 10.1 Å². The minimum atomic E-state index is -1.36. The second-order valence-corrected chi connectivity index (χ2v) is 11.3. The standard InChI is InChI=1S/C29H34FN3O5/c1-14-17-8-7-11-37-24(17)20(30)12-18(14)23-19-13-21(27(34)32-16-9-10-16)33(6)26(19)31-15(2)22(23)25(28(35)36)38-29(3,4)5/h12-13,16,25H,7-11H2,1-6H3,(H,32,34)(H,35,36)/t25-/m0/s1. The zero-order chi connectivity index (χ0) is 27.5. The van der Waals surface area contributed by atoms with Gasteiger partial charge in [0.25, 0.3) is 5.91 Å². The van der Waals surface area contributed by atoms with Crippen LogP contribution in [0.5, 0.6) is 5.75 Å². The van der Waals surface area contributed by atoms with Crippen LogP contribution in [0.25, 0.3) is 22.2 Å². The smallest absolute Gasteiger partial charge is 0.337 e. The number of nitrogens with one attached hydrogen (secondary N) is 1. The summed E-state index contributed by atoms with van der Waals surface area (Å²) in [6.07, 6.45) is 1.95. The highest BCUT2D eigenvalue weighted by Crippen LogP contribution is 2.44. The molecule has 1 amide bonds. The molecule has 1 fully saturated rings. The van der Waals surface area contributed by atoms with E-state index >= 15 is 4.39 Å². The summed E-state index contributed by atoms with van der Waals surface area (Å²) in [4.78, 5) is 30.5. The number of fused-ring (bicyclic) bond motifs is 2. The Morgan fingerprint density at radius 2 is 1.97 bits per heavy atom. The molecule has 8 nitrogen and oxygen atoms in total. The summed E-state index contributed by atoms with van der Waals surface area (Å²) in [5.74, 6) is -1.65. The Bertz CT molecular complexity index is 1470. The Kier molecular flexibility index (Phi) is 6.46. The number of carbonyl (C=O) groups is 2. The van der Waals surface area contributed by atoms with Crippen molar-refractivity contribution in [1.82, 2.24) is 14.9 Å². The highest BCUT2D eigenvalue weighted by Gasteiger charge is 2.35. The molecule has 1 aromatic carbocycles. The van der Waals surface area contributed by atoms with Gasteiger partial charge in [-0.2, -0.15) is 0 Å². The van der Waals surface area contributed by atoms with E-state index in [9.17, 15) is 14.7 Å². The largest absolute Gasteiger partial charge is 0.490 e. The van der Waals surface area contributed by atoms with Crippen LogP contribution in [0.1, 0.15) is 79.0 Å². The second-order valence-electron chi connectivity index (χ2n) is 11.3. The van der Waals surface area contributed by atoms with Crippen LogP contribution in [0, 0.1) is 19.7 Å². The Hall–Kier alpha value is -3.46. The lowest BCUT2D eigenvalue weighted by molar-refractivity contribution is -0.160. The fourth-order valence-corrected chi connectivity index (χ4v) is 5.28. The van der Waals surface area contributed by atoms with E-state index in [1.54, 1.807) is 45.4 Å². The summed E-state index contributed by atoms with van der Waals surface area (Å²) in [6.45, 7) is 9.43. The molecule has 0 spiro atoms. The van der Waals surface area contributed by atoms with Gasteiger partial charge in [-0.3, -0.25) is 4.79 Å². The molecule has 0 unspecified atom stereocenters. The Balaban J connectivity index is 1.84. The van der Waals surface area contributed by atoms with Crippen molar-refractivity contribution < 1.29 is 28.6 Å². The van der Waals surface area contributed by atoms with Crippen LogP contribution in [0.15, 0.2) is 12.1 Å². The number of aliphatic carboxylic acids is 1. The van der Waals surface area contributed by atoms with Gasteiger partial charge in [-0.15, -0.1) is 0 Å². The van der Waals surface area contributed by atoms with Gasteiger partial charge in [0.05, 0.1) is 12.2 Å². The van der Waals surface area contributed by atoms with E-state index in [-0.39, 0.29) is 17.7 Å². The predicted molar refractivity (Wildman–Crippen MR) is 141 cm³/mol. The molecule has 5 rings (SSSR count). The number of halogens is 1. The zero-order valence-corrected chi connectivity index (χ0v) is 22.7. The fraction of sp³-hybridized carbons (Fsp3) is 0.483. The zero-order valence-electron chi connectivity index (χ0n) is 22.7. The highest BCUT2D eigenvalue weighted by atomic mass is 19.1. The number of benzene rings is 1. The van der Waals surface area contributed by atoms with Gasteiger partial charge in [0.1, 0.15) is 11.3 Å². The number of carboxylic acid groups (broad SMARTS) is 1. The molecule has 202 valence electrons. The minimum absolute atomic E-state index is 0.166. The molecule has 0 bridgehead atoms. The molecule has 1 aliphatic carbocycles. The molecule has 2 N–H and O–H groups in total. The summed E-state index contributed by atoms with van der Waals surface area (Å²) in [5, 5.41) is 13.9. The van der Waals surface area contributed by atoms with Crippen molar-refractivity contribution in [1.29, 1.82) is 0 Å². The quantitative estimate of drug-likeness (QED) is 0.463. The van der Waals surface area contributed by atoms with E-state index in [1.165, 1.54) is 6.07 Å². The van der Waals surface area contributed by atoms with Crippen LogP contribution >= 0.6 is 0 Å². The van der Waals surface area contributed by atoms with Gasteiger partial charge >= 0.3 is 5.97 Å². The van der Waals surface area contributed by atoms with Gasteiger partial charge < -0.3 is 24.5 Å². The number of aryl methyl sites for hydroxylation is 2. The molecule has 0 radical (unpaired) electrons. The lowest BCUT2D eigenvalue weighted by atomic mass is 9.86. The van der Waals surface area contributed by atoms with Gasteiger partial charge in [0, 0.05) is 40.9 Å². The summed E-state index contributed by atoms with van der Waals surface area (Å²) in [7, 11) is 1.76. The Morgan fingerprint density at radius 3 is 2.61 bits per heavy atom. The first-order valence-electron chi connectivity index (χ1n) is 13.0. The van der Waals surface area contributed by atoms with Crippen molar-refractivity contribution in [3.63, 3.8) is 0 Å². The first-order valence-corrected chi connectivity index (χ1v) is 13.0. The molecule has 38 heavy (non-hydrogen) atoms. The third-order valence-corrected chi connectivity index (χ3v) is 7.21. The molecular formula is C29H34FN3O5. The summed E-state index contributed by atoms with van der Waals surface area (Å²) in [6, 6.07) is 3.30. The van der Waals surface area contributed by atoms with Gasteiger partial charge in [0.15, 0.2) is 17.7 Å². The third-order valence-electron chi connectivity index (χ3n) is 7.21. The lowest BCUT2D eigenvalue weighted by Gasteiger charge is -2.29. The number of pyridine rings is 1. The molecule has 2 aromatic heterocycles. The van der Waals surface area contributed by atoms with E-state index in [1.807, 2.05) is 6.92 Å². The number of hydrogen-bond acceptors (Lipinski definition) is 5. The summed E-state index contributed by atoms with van der Waals surface area (Å²) in [5.41, 5.74) is 3.55. The van der Waals surface area contributed by atoms with Crippen LogP contribution in [0.3, 0.4) is 0 Å². The minimum Gasteiger partial charge on any atom is -0.490 e. The molecule has 3 heterocycles. The van der Waals surface area contributed by atoms with Crippen LogP contribution in [-0.2, 0) is 23.0 Å². The van der Waals surface area contributed by atoms with Crippen molar-refractivity contribution >= 4 is 22.9 Å². The Morgan fingerprint density at radius 1 is 1.26 bits per heavy atom. The van der Waals surface area contributed by atoms with Crippen LogP contribution in [0.4, 0.5) is 4.39 Å². The maximum atomic E-state index is 15.5. The first kappa shape index (κ1) is 26.2. The number of carboxylic acids is 1. The number of rotatable bonds is 6. The topological polar surface area (TPSA) is 103 Å². The molecule has 1 saturated carbocycles. The molecular weight excluding hydrogens is 489 g/mol. The highest BCUT2D eigenvalue weighted by molar-refractivity contribution is 6.05. The molecule has 9 heteroatoms. The average molecular weight is 524 g/mol. The van der Waals surface area contributed by atoms with Crippen LogP contribution in [-0.4, -0.2) is 44.8 Å². The second kappa shape index (κ2) is 9.38. The van der Waals surface area contributed by atoms with Crippen molar-refractivity contribution in [2.24, 2.45) is 7.05 Å². The molecule has 2 aliphatic rings. The van der Waals surface area contributed by atoms with E-state index in [4.69, 9.17) is 14.5 Å². The maximum absolute atomic E-state index is 15.5. The van der Waals surface area contributed by atoms with Gasteiger partial charge in [0.2, 0.25) is 0 Å². The first-order chi connectivity index (χ1) is 17.9. The number of carbonyl (C=O) groups excluding carboxylic acids is 1. The molecule has 0 saturated heterocycles. The SMILES string of the molecule is Cc1nc2c(cc(C(=O)NC3CC3)n2C)c(-c2cc(F)c3c(c2C)CCCO3)c1[C@H](OC(C)(C)C)C(=O)O. The molecule has 1 atom stereocenters. The fourth-order valence-electron chi connectivity index (χ4n) is 5.28. The summed E-state index contributed by atoms with van der Waals surface area (Å²) < 4.78 is 28.9. The molecule has 1 aliphatic heterocycles. The lowest BCUT2D eigenvalue weighted by Crippen LogP contribution is -2.28. The number of aromatic nitrogens is 2. The van der Waals surface area contributed by atoms with E-state index in [0.29, 0.717) is 52.1 Å². The summed E-state index contributed by atoms with van der Waals surface area (Å²) >= 11 is 0. The van der Waals surface area contributed by atoms with Crippen LogP contribution in [0.2, 0.25) is 0 Å².